The first-order valence-corrected chi connectivity index (χ1v) is 7.67. The Morgan fingerprint density at radius 2 is 2.08 bits per heavy atom. The number of pyridine rings is 2. The Morgan fingerprint density at radius 3 is 2.92 bits per heavy atom. The third-order valence-corrected chi connectivity index (χ3v) is 4.57. The minimum Gasteiger partial charge on any atom is -0.465 e. The fourth-order valence-corrected chi connectivity index (χ4v) is 3.48. The van der Waals surface area contributed by atoms with Crippen molar-refractivity contribution < 1.29 is 14.3 Å². The number of fused-ring (bicyclic) bond motifs is 1. The molecule has 0 aliphatic carbocycles. The van der Waals surface area contributed by atoms with Gasteiger partial charge in [-0.3, -0.25) is 9.30 Å². The number of nitrogens with zero attached hydrogens (tertiary/aromatic N) is 4. The molecule has 0 radical (unpaired) electrons. The van der Waals surface area contributed by atoms with Gasteiger partial charge in [-0.15, -0.1) is 0 Å². The molecule has 0 bridgehead atoms. The molecule has 4 heterocycles. The number of anilines is 1. The SMILES string of the molecule is O=C(O)N1Cc2c(-c3cnc4cc(F)ccn34)ccc3ccnc1c23. The predicted molar refractivity (Wildman–Crippen MR) is 90.1 cm³/mol. The molecular weight excluding hydrogens is 323 g/mol. The molecule has 0 spiro atoms. The summed E-state index contributed by atoms with van der Waals surface area (Å²) in [5.41, 5.74) is 3.04. The summed E-state index contributed by atoms with van der Waals surface area (Å²) in [6.07, 6.45) is 3.87. The number of carbonyl (C=O) groups is 1. The molecule has 1 aliphatic rings. The van der Waals surface area contributed by atoms with E-state index in [-0.39, 0.29) is 12.4 Å². The molecule has 7 heteroatoms. The fraction of sp³-hybridized carbons (Fsp3) is 0.0556. The van der Waals surface area contributed by atoms with Gasteiger partial charge in [-0.25, -0.2) is 19.2 Å². The monoisotopic (exact) mass is 334 g/mol. The number of imidazole rings is 1. The zero-order chi connectivity index (χ0) is 17.1. The summed E-state index contributed by atoms with van der Waals surface area (Å²) in [7, 11) is 0. The van der Waals surface area contributed by atoms with E-state index in [1.807, 2.05) is 18.2 Å². The van der Waals surface area contributed by atoms with Gasteiger partial charge in [0.05, 0.1) is 18.4 Å². The molecule has 0 saturated carbocycles. The van der Waals surface area contributed by atoms with Crippen LogP contribution in [0.5, 0.6) is 0 Å². The first-order chi connectivity index (χ1) is 12.1. The highest BCUT2D eigenvalue weighted by Gasteiger charge is 2.30. The lowest BCUT2D eigenvalue weighted by molar-refractivity contribution is 0.201. The molecule has 5 rings (SSSR count). The van der Waals surface area contributed by atoms with E-state index in [0.29, 0.717) is 11.5 Å². The van der Waals surface area contributed by atoms with Gasteiger partial charge in [0.25, 0.3) is 0 Å². The van der Waals surface area contributed by atoms with Gasteiger partial charge in [0.1, 0.15) is 17.3 Å². The number of hydrogen-bond acceptors (Lipinski definition) is 3. The van der Waals surface area contributed by atoms with Crippen LogP contribution < -0.4 is 4.90 Å². The van der Waals surface area contributed by atoms with Gasteiger partial charge in [-0.2, -0.15) is 0 Å². The number of carboxylic acid groups (broad SMARTS) is 1. The number of halogens is 1. The molecule has 3 aromatic heterocycles. The number of hydrogen-bond donors (Lipinski definition) is 1. The Kier molecular flexibility index (Phi) is 2.65. The molecule has 6 nitrogen and oxygen atoms in total. The average molecular weight is 334 g/mol. The smallest absolute Gasteiger partial charge is 0.413 e. The van der Waals surface area contributed by atoms with Gasteiger partial charge in [0, 0.05) is 29.4 Å². The average Bonchev–Trinajstić information content (AvgIpc) is 3.19. The second-order valence-electron chi connectivity index (χ2n) is 5.91. The second kappa shape index (κ2) is 4.76. The van der Waals surface area contributed by atoms with E-state index < -0.39 is 6.09 Å². The quantitative estimate of drug-likeness (QED) is 0.576. The Hall–Kier alpha value is -3.48. The lowest BCUT2D eigenvalue weighted by atomic mass is 10.00. The van der Waals surface area contributed by atoms with Crippen molar-refractivity contribution in [2.45, 2.75) is 6.54 Å². The van der Waals surface area contributed by atoms with E-state index >= 15 is 0 Å². The maximum atomic E-state index is 13.4. The standard InChI is InChI=1S/C18H11FN4O2/c19-11-4-6-22-14(8-21-15(22)7-11)12-2-1-10-3-5-20-17-16(10)13(12)9-23(17)18(24)25/h1-8H,9H2,(H,24,25). The largest absolute Gasteiger partial charge is 0.465 e. The zero-order valence-corrected chi connectivity index (χ0v) is 12.8. The molecule has 122 valence electrons. The Balaban J connectivity index is 1.81. The molecule has 1 N–H and O–H groups in total. The van der Waals surface area contributed by atoms with Crippen LogP contribution in [-0.4, -0.2) is 25.6 Å². The lowest BCUT2D eigenvalue weighted by Gasteiger charge is -2.11. The summed E-state index contributed by atoms with van der Waals surface area (Å²) in [4.78, 5) is 21.3. The number of rotatable bonds is 1. The van der Waals surface area contributed by atoms with Crippen LogP contribution in [-0.2, 0) is 6.54 Å². The van der Waals surface area contributed by atoms with Crippen molar-refractivity contribution in [2.75, 3.05) is 4.90 Å². The van der Waals surface area contributed by atoms with Crippen LogP contribution in [0.15, 0.2) is 48.9 Å². The minimum atomic E-state index is -1.04. The Labute approximate surface area is 140 Å². The maximum absolute atomic E-state index is 13.4. The van der Waals surface area contributed by atoms with Crippen LogP contribution in [0.2, 0.25) is 0 Å². The van der Waals surface area contributed by atoms with Gasteiger partial charge in [-0.05, 0) is 23.1 Å². The molecule has 25 heavy (non-hydrogen) atoms. The van der Waals surface area contributed by atoms with E-state index in [1.54, 1.807) is 23.0 Å². The number of amides is 1. The van der Waals surface area contributed by atoms with Crippen LogP contribution in [0.1, 0.15) is 5.56 Å². The lowest BCUT2D eigenvalue weighted by Crippen LogP contribution is -2.25. The molecule has 0 saturated heterocycles. The van der Waals surface area contributed by atoms with Crippen LogP contribution in [0.3, 0.4) is 0 Å². The van der Waals surface area contributed by atoms with Crippen LogP contribution in [0.25, 0.3) is 27.7 Å². The summed E-state index contributed by atoms with van der Waals surface area (Å²) in [6, 6.07) is 8.48. The third kappa shape index (κ3) is 1.86. The second-order valence-corrected chi connectivity index (χ2v) is 5.91. The van der Waals surface area contributed by atoms with Crippen molar-refractivity contribution in [1.82, 2.24) is 14.4 Å². The summed E-state index contributed by atoms with van der Waals surface area (Å²) in [5.74, 6) is 0.0953. The number of benzene rings is 1. The van der Waals surface area contributed by atoms with E-state index in [4.69, 9.17) is 0 Å². The fourth-order valence-electron chi connectivity index (χ4n) is 3.48. The minimum absolute atomic E-state index is 0.225. The van der Waals surface area contributed by atoms with Gasteiger partial charge in [0.2, 0.25) is 0 Å². The highest BCUT2D eigenvalue weighted by atomic mass is 19.1. The van der Waals surface area contributed by atoms with Crippen molar-refractivity contribution in [1.29, 1.82) is 0 Å². The molecule has 0 atom stereocenters. The van der Waals surface area contributed by atoms with Crippen molar-refractivity contribution in [3.05, 3.63) is 60.3 Å². The van der Waals surface area contributed by atoms with E-state index in [0.717, 1.165) is 27.6 Å². The highest BCUT2D eigenvalue weighted by Crippen LogP contribution is 2.41. The van der Waals surface area contributed by atoms with Gasteiger partial charge < -0.3 is 5.11 Å². The molecule has 0 fully saturated rings. The normalized spacial score (nSPS) is 13.1. The topological polar surface area (TPSA) is 70.7 Å². The molecule has 0 unspecified atom stereocenters. The van der Waals surface area contributed by atoms with Crippen LogP contribution in [0, 0.1) is 5.82 Å². The van der Waals surface area contributed by atoms with Gasteiger partial charge >= 0.3 is 6.09 Å². The summed E-state index contributed by atoms with van der Waals surface area (Å²) in [6.45, 7) is 0.225. The molecular formula is C18H11FN4O2. The van der Waals surface area contributed by atoms with Crippen molar-refractivity contribution in [3.63, 3.8) is 0 Å². The molecule has 1 amide bonds. The first-order valence-electron chi connectivity index (χ1n) is 7.67. The summed E-state index contributed by atoms with van der Waals surface area (Å²) >= 11 is 0. The molecule has 1 aromatic carbocycles. The molecule has 4 aromatic rings. The van der Waals surface area contributed by atoms with Crippen molar-refractivity contribution in [3.8, 4) is 11.3 Å². The van der Waals surface area contributed by atoms with Crippen molar-refractivity contribution in [2.24, 2.45) is 0 Å². The Morgan fingerprint density at radius 1 is 1.20 bits per heavy atom. The van der Waals surface area contributed by atoms with E-state index in [2.05, 4.69) is 9.97 Å². The third-order valence-electron chi connectivity index (χ3n) is 4.57. The Bertz CT molecular complexity index is 1180. The summed E-state index contributed by atoms with van der Waals surface area (Å²) in [5, 5.41) is 11.3. The molecule has 1 aliphatic heterocycles. The van der Waals surface area contributed by atoms with E-state index in [9.17, 15) is 14.3 Å². The van der Waals surface area contributed by atoms with Crippen LogP contribution >= 0.6 is 0 Å². The van der Waals surface area contributed by atoms with E-state index in [1.165, 1.54) is 17.0 Å². The van der Waals surface area contributed by atoms with Gasteiger partial charge in [-0.1, -0.05) is 12.1 Å². The highest BCUT2D eigenvalue weighted by molar-refractivity contribution is 6.07. The first kappa shape index (κ1) is 13.9. The van der Waals surface area contributed by atoms with Crippen molar-refractivity contribution >= 4 is 28.3 Å². The van der Waals surface area contributed by atoms with Crippen LogP contribution in [0.4, 0.5) is 15.0 Å². The van der Waals surface area contributed by atoms with Gasteiger partial charge in [0.15, 0.2) is 0 Å². The predicted octanol–water partition coefficient (Wildman–Crippen LogP) is 3.69. The summed E-state index contributed by atoms with van der Waals surface area (Å²) < 4.78 is 15.2. The number of aromatic nitrogens is 3. The maximum Gasteiger partial charge on any atom is 0.413 e. The zero-order valence-electron chi connectivity index (χ0n) is 12.8.